The van der Waals surface area contributed by atoms with Crippen LogP contribution in [0.5, 0.6) is 0 Å². The fourth-order valence-corrected chi connectivity index (χ4v) is 4.95. The molecule has 0 radical (unpaired) electrons. The van der Waals surface area contributed by atoms with Crippen LogP contribution >= 0.6 is 0 Å². The molecule has 0 aromatic carbocycles. The molecule has 3 heterocycles. The van der Waals surface area contributed by atoms with Gasteiger partial charge >= 0.3 is 11.8 Å². The van der Waals surface area contributed by atoms with Gasteiger partial charge in [0.15, 0.2) is 0 Å². The van der Waals surface area contributed by atoms with Crippen LogP contribution in [0.15, 0.2) is 15.8 Å². The number of carbonyl (C=O) groups excluding carboxylic acids is 3. The highest BCUT2D eigenvalue weighted by Gasteiger charge is 2.42. The van der Waals surface area contributed by atoms with Crippen molar-refractivity contribution in [1.82, 2.24) is 25.1 Å². The number of ether oxygens (including phenoxy) is 2. The number of hydrogen-bond donors (Lipinski definition) is 4. The molecular weight excluding hydrogens is 510 g/mol. The van der Waals surface area contributed by atoms with Crippen molar-refractivity contribution in [3.63, 3.8) is 0 Å². The van der Waals surface area contributed by atoms with E-state index in [0.717, 1.165) is 0 Å². The standard InChI is InChI=1S/C26H41N5O8/c1-14(2)10-17(28-25(37)39-26(4,5)6)23(35)30-9-7-8-18(30)22(34)27-16-11-20(38-19(16)13-32)31-12-15(3)21(33)29-24(31)36/h12,14,16-20,32H,7-11,13H2,1-6H3,(H,27,34)(H,28,37)(H,29,33,36)/t16-,17-,18-,19+,20+/m0/s1. The molecule has 2 saturated heterocycles. The highest BCUT2D eigenvalue weighted by atomic mass is 16.6. The zero-order valence-corrected chi connectivity index (χ0v) is 23.5. The molecule has 39 heavy (non-hydrogen) atoms. The number of aromatic amines is 1. The molecule has 218 valence electrons. The lowest BCUT2D eigenvalue weighted by Gasteiger charge is -2.31. The molecular formula is C26H41N5O8. The topological polar surface area (TPSA) is 172 Å². The second-order valence-corrected chi connectivity index (χ2v) is 11.7. The average Bonchev–Trinajstić information content (AvgIpc) is 3.46. The van der Waals surface area contributed by atoms with Crippen LogP contribution in [0.3, 0.4) is 0 Å². The number of hydrogen-bond acceptors (Lipinski definition) is 8. The summed E-state index contributed by atoms with van der Waals surface area (Å²) in [7, 11) is 0. The number of likely N-dealkylation sites (tertiary alicyclic amines) is 1. The number of aliphatic hydroxyl groups excluding tert-OH is 1. The zero-order valence-electron chi connectivity index (χ0n) is 23.5. The summed E-state index contributed by atoms with van der Waals surface area (Å²) in [6.45, 7) is 10.6. The Morgan fingerprint density at radius 1 is 1.26 bits per heavy atom. The van der Waals surface area contributed by atoms with Gasteiger partial charge in [0.25, 0.3) is 5.56 Å². The predicted octanol–water partition coefficient (Wildman–Crippen LogP) is 0.540. The van der Waals surface area contributed by atoms with Gasteiger partial charge in [0.05, 0.1) is 12.6 Å². The van der Waals surface area contributed by atoms with E-state index in [1.54, 1.807) is 27.7 Å². The molecule has 13 heteroatoms. The number of rotatable bonds is 8. The second-order valence-electron chi connectivity index (χ2n) is 11.7. The molecule has 1 aromatic heterocycles. The van der Waals surface area contributed by atoms with E-state index in [0.29, 0.717) is 31.4 Å². The second kappa shape index (κ2) is 12.3. The lowest BCUT2D eigenvalue weighted by Crippen LogP contribution is -2.56. The lowest BCUT2D eigenvalue weighted by atomic mass is 10.0. The number of aliphatic hydroxyl groups is 1. The Hall–Kier alpha value is -3.19. The molecule has 3 amide bonds. The fraction of sp³-hybridized carbons (Fsp3) is 0.731. The molecule has 0 aliphatic carbocycles. The predicted molar refractivity (Wildman–Crippen MR) is 141 cm³/mol. The van der Waals surface area contributed by atoms with Gasteiger partial charge < -0.3 is 30.1 Å². The minimum absolute atomic E-state index is 0.0987. The van der Waals surface area contributed by atoms with Crippen molar-refractivity contribution < 1.29 is 29.0 Å². The maximum Gasteiger partial charge on any atom is 0.408 e. The van der Waals surface area contributed by atoms with Crippen molar-refractivity contribution in [2.75, 3.05) is 13.2 Å². The first-order valence-corrected chi connectivity index (χ1v) is 13.4. The fourth-order valence-electron chi connectivity index (χ4n) is 4.95. The maximum absolute atomic E-state index is 13.5. The molecule has 0 spiro atoms. The van der Waals surface area contributed by atoms with Crippen LogP contribution in [0.25, 0.3) is 0 Å². The minimum atomic E-state index is -0.854. The van der Waals surface area contributed by atoms with Crippen LogP contribution in [-0.2, 0) is 19.1 Å². The molecule has 4 N–H and O–H groups in total. The van der Waals surface area contributed by atoms with Gasteiger partial charge in [-0.05, 0) is 52.9 Å². The molecule has 0 unspecified atom stereocenters. The van der Waals surface area contributed by atoms with Gasteiger partial charge in [-0.1, -0.05) is 13.8 Å². The summed E-state index contributed by atoms with van der Waals surface area (Å²) in [6.07, 6.45) is 0.710. The average molecular weight is 552 g/mol. The van der Waals surface area contributed by atoms with Crippen LogP contribution in [0, 0.1) is 12.8 Å². The highest BCUT2D eigenvalue weighted by Crippen LogP contribution is 2.28. The van der Waals surface area contributed by atoms with E-state index < -0.39 is 65.9 Å². The summed E-state index contributed by atoms with van der Waals surface area (Å²) in [6, 6.07) is -2.24. The van der Waals surface area contributed by atoms with Gasteiger partial charge in [-0.3, -0.25) is 23.9 Å². The van der Waals surface area contributed by atoms with E-state index in [4.69, 9.17) is 9.47 Å². The van der Waals surface area contributed by atoms with Crippen LogP contribution in [-0.4, -0.2) is 80.4 Å². The van der Waals surface area contributed by atoms with Crippen molar-refractivity contribution in [2.24, 2.45) is 5.92 Å². The molecule has 2 fully saturated rings. The smallest absolute Gasteiger partial charge is 0.408 e. The van der Waals surface area contributed by atoms with Gasteiger partial charge in [-0.2, -0.15) is 0 Å². The van der Waals surface area contributed by atoms with Gasteiger partial charge in [-0.15, -0.1) is 0 Å². The van der Waals surface area contributed by atoms with Crippen LogP contribution in [0.2, 0.25) is 0 Å². The lowest BCUT2D eigenvalue weighted by molar-refractivity contribution is -0.140. The summed E-state index contributed by atoms with van der Waals surface area (Å²) < 4.78 is 12.4. The van der Waals surface area contributed by atoms with Gasteiger partial charge in [-0.25, -0.2) is 9.59 Å². The van der Waals surface area contributed by atoms with E-state index in [1.807, 2.05) is 13.8 Å². The quantitative estimate of drug-likeness (QED) is 0.362. The monoisotopic (exact) mass is 551 g/mol. The first-order chi connectivity index (χ1) is 18.2. The number of carbonyl (C=O) groups is 3. The SMILES string of the molecule is Cc1cn([C@H]2C[C@H](NC(=O)[C@@H]3CCCN3C(=O)[C@H](CC(C)C)NC(=O)OC(C)(C)C)[C@@H](CO)O2)c(=O)[nH]c1=O. The number of nitrogens with one attached hydrogen (secondary N) is 3. The summed E-state index contributed by atoms with van der Waals surface area (Å²) in [5.41, 5.74) is -1.56. The molecule has 1 aromatic rings. The van der Waals surface area contributed by atoms with Crippen LogP contribution < -0.4 is 21.9 Å². The summed E-state index contributed by atoms with van der Waals surface area (Å²) >= 11 is 0. The van der Waals surface area contributed by atoms with Crippen LogP contribution in [0.4, 0.5) is 4.79 Å². The third-order valence-electron chi connectivity index (χ3n) is 6.73. The normalized spacial score (nSPS) is 24.1. The van der Waals surface area contributed by atoms with Gasteiger partial charge in [0, 0.05) is 24.7 Å². The van der Waals surface area contributed by atoms with E-state index in [1.165, 1.54) is 15.7 Å². The van der Waals surface area contributed by atoms with Crippen molar-refractivity contribution >= 4 is 17.9 Å². The van der Waals surface area contributed by atoms with Crippen molar-refractivity contribution in [3.8, 4) is 0 Å². The van der Waals surface area contributed by atoms with Crippen molar-refractivity contribution in [3.05, 3.63) is 32.6 Å². The first-order valence-electron chi connectivity index (χ1n) is 13.4. The number of aromatic nitrogens is 2. The Balaban J connectivity index is 1.71. The summed E-state index contributed by atoms with van der Waals surface area (Å²) in [5, 5.41) is 15.4. The molecule has 0 saturated carbocycles. The summed E-state index contributed by atoms with van der Waals surface area (Å²) in [5.74, 6) is -0.664. The minimum Gasteiger partial charge on any atom is -0.444 e. The molecule has 0 bridgehead atoms. The maximum atomic E-state index is 13.5. The largest absolute Gasteiger partial charge is 0.444 e. The molecule has 2 aliphatic rings. The number of nitrogens with zero attached hydrogens (tertiary/aromatic N) is 2. The number of amides is 3. The Labute approximate surface area is 227 Å². The first kappa shape index (κ1) is 30.4. The summed E-state index contributed by atoms with van der Waals surface area (Å²) in [4.78, 5) is 67.1. The Morgan fingerprint density at radius 2 is 1.95 bits per heavy atom. The Morgan fingerprint density at radius 3 is 2.56 bits per heavy atom. The van der Waals surface area contributed by atoms with Crippen molar-refractivity contribution in [1.29, 1.82) is 0 Å². The molecule has 5 atom stereocenters. The third kappa shape index (κ3) is 7.69. The van der Waals surface area contributed by atoms with E-state index in [2.05, 4.69) is 15.6 Å². The third-order valence-corrected chi connectivity index (χ3v) is 6.73. The highest BCUT2D eigenvalue weighted by molar-refractivity contribution is 5.92. The van der Waals surface area contributed by atoms with Gasteiger partial charge in [0.2, 0.25) is 11.8 Å². The van der Waals surface area contributed by atoms with E-state index in [9.17, 15) is 29.1 Å². The zero-order chi connectivity index (χ0) is 29.1. The molecule has 13 nitrogen and oxygen atoms in total. The van der Waals surface area contributed by atoms with Crippen LogP contribution in [0.1, 0.15) is 72.1 Å². The van der Waals surface area contributed by atoms with Gasteiger partial charge in [0.1, 0.15) is 30.0 Å². The number of alkyl carbamates (subject to hydrolysis) is 1. The van der Waals surface area contributed by atoms with Crippen molar-refractivity contribution in [2.45, 2.75) is 103 Å². The Kier molecular flexibility index (Phi) is 9.60. The molecule has 2 aliphatic heterocycles. The number of H-pyrrole nitrogens is 1. The molecule has 3 rings (SSSR count). The van der Waals surface area contributed by atoms with E-state index in [-0.39, 0.29) is 18.2 Å². The Bertz CT molecular complexity index is 1170. The van der Waals surface area contributed by atoms with E-state index >= 15 is 0 Å². The number of aryl methyl sites for hydroxylation is 1.